The summed E-state index contributed by atoms with van der Waals surface area (Å²) in [5.41, 5.74) is 0.826. The van der Waals surface area contributed by atoms with Crippen LogP contribution >= 0.6 is 22.6 Å². The average Bonchev–Trinajstić information content (AvgIpc) is 2.20. The van der Waals surface area contributed by atoms with Gasteiger partial charge in [0.25, 0.3) is 0 Å². The van der Waals surface area contributed by atoms with E-state index in [1.165, 1.54) is 0 Å². The van der Waals surface area contributed by atoms with Crippen molar-refractivity contribution in [3.8, 4) is 11.5 Å². The Morgan fingerprint density at radius 3 is 2.53 bits per heavy atom. The lowest BCUT2D eigenvalue weighted by Gasteiger charge is -2.16. The van der Waals surface area contributed by atoms with Crippen LogP contribution in [0.2, 0.25) is 0 Å². The number of aliphatic hydroxyl groups is 1. The topological polar surface area (TPSA) is 38.7 Å². The number of aliphatic hydroxyl groups excluding tert-OH is 1. The molecule has 1 aromatic rings. The molecule has 0 unspecified atom stereocenters. The molecule has 0 aliphatic carbocycles. The fraction of sp³-hybridized carbons (Fsp3) is 0.455. The van der Waals surface area contributed by atoms with Crippen molar-refractivity contribution in [1.29, 1.82) is 0 Å². The van der Waals surface area contributed by atoms with Gasteiger partial charge in [-0.15, -0.1) is 0 Å². The van der Waals surface area contributed by atoms with Gasteiger partial charge in [0, 0.05) is 0 Å². The van der Waals surface area contributed by atoms with Gasteiger partial charge in [0.05, 0.1) is 23.4 Å². The van der Waals surface area contributed by atoms with Gasteiger partial charge in [0.1, 0.15) is 0 Å². The third-order valence-corrected chi connectivity index (χ3v) is 2.63. The van der Waals surface area contributed by atoms with E-state index < -0.39 is 0 Å². The van der Waals surface area contributed by atoms with Crippen LogP contribution in [0, 0.1) is 3.57 Å². The largest absolute Gasteiger partial charge is 0.493 e. The van der Waals surface area contributed by atoms with Gasteiger partial charge in [-0.25, -0.2) is 0 Å². The van der Waals surface area contributed by atoms with Crippen molar-refractivity contribution in [1.82, 2.24) is 0 Å². The molecule has 0 saturated carbocycles. The minimum absolute atomic E-state index is 0.00825. The van der Waals surface area contributed by atoms with Crippen LogP contribution in [0.3, 0.4) is 0 Å². The van der Waals surface area contributed by atoms with E-state index in [-0.39, 0.29) is 12.7 Å². The summed E-state index contributed by atoms with van der Waals surface area (Å²) in [4.78, 5) is 0. The van der Waals surface area contributed by atoms with Crippen LogP contribution in [0.1, 0.15) is 19.4 Å². The summed E-state index contributed by atoms with van der Waals surface area (Å²) in [7, 11) is 1.60. The van der Waals surface area contributed by atoms with Crippen LogP contribution in [-0.2, 0) is 6.61 Å². The number of hydrogen-bond donors (Lipinski definition) is 1. The summed E-state index contributed by atoms with van der Waals surface area (Å²) >= 11 is 2.18. The third-order valence-electron chi connectivity index (χ3n) is 1.83. The Hall–Kier alpha value is -0.490. The molecular formula is C11H15IO3. The fourth-order valence-corrected chi connectivity index (χ4v) is 2.01. The standard InChI is InChI=1S/C11H15IO3/c1-7(2)15-11-9(12)4-8(6-13)5-10(11)14-3/h4-5,7,13H,6H2,1-3H3. The number of halogens is 1. The molecule has 1 rings (SSSR count). The molecule has 15 heavy (non-hydrogen) atoms. The van der Waals surface area contributed by atoms with Crippen molar-refractivity contribution in [2.75, 3.05) is 7.11 Å². The Morgan fingerprint density at radius 2 is 2.07 bits per heavy atom. The van der Waals surface area contributed by atoms with E-state index in [2.05, 4.69) is 22.6 Å². The van der Waals surface area contributed by atoms with Crippen molar-refractivity contribution in [3.63, 3.8) is 0 Å². The van der Waals surface area contributed by atoms with Crippen molar-refractivity contribution in [2.45, 2.75) is 26.6 Å². The minimum Gasteiger partial charge on any atom is -0.493 e. The Kier molecular flexibility index (Phi) is 4.66. The zero-order valence-electron chi connectivity index (χ0n) is 9.08. The number of rotatable bonds is 4. The van der Waals surface area contributed by atoms with Crippen LogP contribution in [0.5, 0.6) is 11.5 Å². The molecule has 0 aliphatic rings. The number of hydrogen-bond acceptors (Lipinski definition) is 3. The van der Waals surface area contributed by atoms with Crippen LogP contribution in [0.15, 0.2) is 12.1 Å². The molecule has 0 spiro atoms. The van der Waals surface area contributed by atoms with Gasteiger partial charge < -0.3 is 14.6 Å². The van der Waals surface area contributed by atoms with Gasteiger partial charge in [0.2, 0.25) is 0 Å². The molecule has 4 heteroatoms. The quantitative estimate of drug-likeness (QED) is 0.866. The molecule has 0 heterocycles. The lowest BCUT2D eigenvalue weighted by Crippen LogP contribution is -2.08. The van der Waals surface area contributed by atoms with E-state index in [4.69, 9.17) is 14.6 Å². The Bertz CT molecular complexity index is 337. The summed E-state index contributed by atoms with van der Waals surface area (Å²) in [6.45, 7) is 3.94. The second kappa shape index (κ2) is 5.55. The van der Waals surface area contributed by atoms with Crippen molar-refractivity contribution in [3.05, 3.63) is 21.3 Å². The Morgan fingerprint density at radius 1 is 1.40 bits per heavy atom. The van der Waals surface area contributed by atoms with Gasteiger partial charge in [-0.1, -0.05) is 0 Å². The first-order valence-electron chi connectivity index (χ1n) is 4.72. The predicted octanol–water partition coefficient (Wildman–Crippen LogP) is 2.58. The molecule has 0 bridgehead atoms. The maximum atomic E-state index is 9.06. The second-order valence-electron chi connectivity index (χ2n) is 3.43. The van der Waals surface area contributed by atoms with Gasteiger partial charge in [-0.05, 0) is 54.1 Å². The van der Waals surface area contributed by atoms with E-state index in [0.29, 0.717) is 5.75 Å². The van der Waals surface area contributed by atoms with E-state index in [0.717, 1.165) is 14.9 Å². The van der Waals surface area contributed by atoms with Gasteiger partial charge in [-0.2, -0.15) is 0 Å². The highest BCUT2D eigenvalue weighted by molar-refractivity contribution is 14.1. The molecule has 84 valence electrons. The zero-order valence-corrected chi connectivity index (χ0v) is 11.2. The van der Waals surface area contributed by atoms with Crippen molar-refractivity contribution >= 4 is 22.6 Å². The van der Waals surface area contributed by atoms with E-state index in [9.17, 15) is 0 Å². The van der Waals surface area contributed by atoms with Gasteiger partial charge in [0.15, 0.2) is 11.5 Å². The lowest BCUT2D eigenvalue weighted by molar-refractivity contribution is 0.227. The molecule has 1 N–H and O–H groups in total. The molecule has 0 fully saturated rings. The monoisotopic (exact) mass is 322 g/mol. The maximum Gasteiger partial charge on any atom is 0.174 e. The molecule has 0 radical (unpaired) electrons. The molecule has 1 aromatic carbocycles. The predicted molar refractivity (Wildman–Crippen MR) is 67.4 cm³/mol. The SMILES string of the molecule is COc1cc(CO)cc(I)c1OC(C)C. The molecular weight excluding hydrogens is 307 g/mol. The fourth-order valence-electron chi connectivity index (χ4n) is 1.21. The van der Waals surface area contributed by atoms with Crippen LogP contribution in [0.4, 0.5) is 0 Å². The first-order valence-corrected chi connectivity index (χ1v) is 5.80. The minimum atomic E-state index is 0.00825. The van der Waals surface area contributed by atoms with Crippen molar-refractivity contribution < 1.29 is 14.6 Å². The summed E-state index contributed by atoms with van der Waals surface area (Å²) in [5, 5.41) is 9.06. The highest BCUT2D eigenvalue weighted by Crippen LogP contribution is 2.34. The first-order chi connectivity index (χ1) is 7.08. The molecule has 0 amide bonds. The van der Waals surface area contributed by atoms with E-state index >= 15 is 0 Å². The average molecular weight is 322 g/mol. The second-order valence-corrected chi connectivity index (χ2v) is 4.60. The molecule has 0 atom stereocenters. The summed E-state index contributed by atoms with van der Waals surface area (Å²) in [6, 6.07) is 3.68. The lowest BCUT2D eigenvalue weighted by atomic mass is 10.2. The Balaban J connectivity index is 3.12. The summed E-state index contributed by atoms with van der Waals surface area (Å²) in [6.07, 6.45) is 0.104. The van der Waals surface area contributed by atoms with Crippen molar-refractivity contribution in [2.24, 2.45) is 0 Å². The smallest absolute Gasteiger partial charge is 0.174 e. The number of methoxy groups -OCH3 is 1. The number of benzene rings is 1. The summed E-state index contributed by atoms with van der Waals surface area (Å²) < 4.78 is 11.8. The molecule has 3 nitrogen and oxygen atoms in total. The van der Waals surface area contributed by atoms with Crippen LogP contribution in [-0.4, -0.2) is 18.3 Å². The zero-order chi connectivity index (χ0) is 11.4. The first kappa shape index (κ1) is 12.6. The van der Waals surface area contributed by atoms with Crippen LogP contribution < -0.4 is 9.47 Å². The molecule has 0 aliphatic heterocycles. The van der Waals surface area contributed by atoms with Gasteiger partial charge in [-0.3, -0.25) is 0 Å². The maximum absolute atomic E-state index is 9.06. The van der Waals surface area contributed by atoms with E-state index in [1.807, 2.05) is 19.9 Å². The normalized spacial score (nSPS) is 10.5. The van der Waals surface area contributed by atoms with Crippen LogP contribution in [0.25, 0.3) is 0 Å². The Labute approximate surface area is 104 Å². The molecule has 0 saturated heterocycles. The third kappa shape index (κ3) is 3.24. The molecule has 0 aromatic heterocycles. The highest BCUT2D eigenvalue weighted by atomic mass is 127. The summed E-state index contributed by atoms with van der Waals surface area (Å²) in [5.74, 6) is 1.41. The van der Waals surface area contributed by atoms with E-state index in [1.54, 1.807) is 13.2 Å². The highest BCUT2D eigenvalue weighted by Gasteiger charge is 2.12. The van der Waals surface area contributed by atoms with Gasteiger partial charge >= 0.3 is 0 Å². The number of ether oxygens (including phenoxy) is 2.